The van der Waals surface area contributed by atoms with Gasteiger partial charge in [0, 0.05) is 17.8 Å². The quantitative estimate of drug-likeness (QED) is 0.779. The highest BCUT2D eigenvalue weighted by atomic mass is 16.5. The highest BCUT2D eigenvalue weighted by Gasteiger charge is 2.36. The normalized spacial score (nSPS) is 11.0. The van der Waals surface area contributed by atoms with Crippen molar-refractivity contribution in [3.63, 3.8) is 0 Å². The molecule has 0 aliphatic heterocycles. The van der Waals surface area contributed by atoms with Gasteiger partial charge >= 0.3 is 0 Å². The van der Waals surface area contributed by atoms with E-state index >= 15 is 0 Å². The topological polar surface area (TPSA) is 67.4 Å². The minimum Gasteiger partial charge on any atom is -0.496 e. The molecule has 5 heteroatoms. The van der Waals surface area contributed by atoms with Crippen molar-refractivity contribution in [1.82, 2.24) is 5.32 Å². The summed E-state index contributed by atoms with van der Waals surface area (Å²) >= 11 is 0. The lowest BCUT2D eigenvalue weighted by atomic mass is 9.90. The molecule has 2 rings (SSSR count). The van der Waals surface area contributed by atoms with Crippen LogP contribution in [0, 0.1) is 19.3 Å². The van der Waals surface area contributed by atoms with Crippen molar-refractivity contribution in [2.45, 2.75) is 34.2 Å². The van der Waals surface area contributed by atoms with E-state index in [0.29, 0.717) is 18.0 Å². The molecule has 0 saturated carbocycles. The van der Waals surface area contributed by atoms with Gasteiger partial charge in [-0.15, -0.1) is 0 Å². The van der Waals surface area contributed by atoms with E-state index in [1.54, 1.807) is 21.0 Å². The zero-order valence-corrected chi connectivity index (χ0v) is 16.0. The molecule has 0 radical (unpaired) electrons. The number of ether oxygens (including phenoxy) is 1. The number of nitrogens with one attached hydrogen (secondary N) is 2. The van der Waals surface area contributed by atoms with Crippen LogP contribution in [-0.2, 0) is 16.1 Å². The Labute approximate surface area is 154 Å². The fourth-order valence-corrected chi connectivity index (χ4v) is 2.58. The van der Waals surface area contributed by atoms with Gasteiger partial charge in [0.25, 0.3) is 0 Å². The Morgan fingerprint density at radius 2 is 1.73 bits per heavy atom. The van der Waals surface area contributed by atoms with Crippen LogP contribution in [0.5, 0.6) is 5.75 Å². The number of benzene rings is 2. The van der Waals surface area contributed by atoms with Crippen molar-refractivity contribution in [3.8, 4) is 5.75 Å². The average molecular weight is 354 g/mol. The van der Waals surface area contributed by atoms with Gasteiger partial charge in [0.05, 0.1) is 7.11 Å². The molecule has 26 heavy (non-hydrogen) atoms. The summed E-state index contributed by atoms with van der Waals surface area (Å²) in [5.74, 6) is 0.0120. The number of carbonyl (C=O) groups is 2. The first-order chi connectivity index (χ1) is 12.3. The zero-order valence-electron chi connectivity index (χ0n) is 16.0. The van der Waals surface area contributed by atoms with Crippen LogP contribution in [0.4, 0.5) is 5.69 Å². The lowest BCUT2D eigenvalue weighted by molar-refractivity contribution is -0.138. The molecule has 0 bridgehead atoms. The van der Waals surface area contributed by atoms with Gasteiger partial charge < -0.3 is 15.4 Å². The fraction of sp³-hybridized carbons (Fsp3) is 0.333. The SMILES string of the molecule is COc1ccccc1CNC(=O)C(C)(C)C(=O)Nc1ccc(C)cc1C. The Hall–Kier alpha value is -2.82. The maximum Gasteiger partial charge on any atom is 0.239 e. The van der Waals surface area contributed by atoms with Gasteiger partial charge in [0.1, 0.15) is 11.2 Å². The molecule has 0 unspecified atom stereocenters. The van der Waals surface area contributed by atoms with Crippen molar-refractivity contribution in [2.75, 3.05) is 12.4 Å². The molecule has 0 saturated heterocycles. The van der Waals surface area contributed by atoms with E-state index in [1.165, 1.54) is 0 Å². The highest BCUT2D eigenvalue weighted by molar-refractivity contribution is 6.10. The molecule has 2 amide bonds. The Bertz CT molecular complexity index is 813. The second-order valence-corrected chi connectivity index (χ2v) is 6.89. The summed E-state index contributed by atoms with van der Waals surface area (Å²) in [6.07, 6.45) is 0. The van der Waals surface area contributed by atoms with E-state index in [2.05, 4.69) is 10.6 Å². The van der Waals surface area contributed by atoms with Crippen LogP contribution in [0.2, 0.25) is 0 Å². The number of methoxy groups -OCH3 is 1. The molecule has 0 heterocycles. The van der Waals surface area contributed by atoms with Crippen LogP contribution in [0.1, 0.15) is 30.5 Å². The Balaban J connectivity index is 2.05. The molecule has 0 fully saturated rings. The summed E-state index contributed by atoms with van der Waals surface area (Å²) in [5.41, 5.74) is 2.44. The van der Waals surface area contributed by atoms with Crippen LogP contribution in [-0.4, -0.2) is 18.9 Å². The Kier molecular flexibility index (Phi) is 6.03. The molecule has 0 aliphatic carbocycles. The summed E-state index contributed by atoms with van der Waals surface area (Å²) in [6.45, 7) is 7.45. The number of anilines is 1. The third kappa shape index (κ3) is 4.42. The summed E-state index contributed by atoms with van der Waals surface area (Å²) in [4.78, 5) is 25.2. The summed E-state index contributed by atoms with van der Waals surface area (Å²) < 4.78 is 5.28. The molecule has 2 aromatic carbocycles. The van der Waals surface area contributed by atoms with Crippen LogP contribution >= 0.6 is 0 Å². The maximum atomic E-state index is 12.7. The summed E-state index contributed by atoms with van der Waals surface area (Å²) in [7, 11) is 1.59. The van der Waals surface area contributed by atoms with E-state index in [-0.39, 0.29) is 11.8 Å². The monoisotopic (exact) mass is 354 g/mol. The van der Waals surface area contributed by atoms with E-state index in [4.69, 9.17) is 4.74 Å². The average Bonchev–Trinajstić information content (AvgIpc) is 2.61. The molecule has 2 aromatic rings. The number of hydrogen-bond donors (Lipinski definition) is 2. The molecule has 0 aliphatic rings. The van der Waals surface area contributed by atoms with Gasteiger partial charge in [-0.05, 0) is 45.4 Å². The molecule has 5 nitrogen and oxygen atoms in total. The smallest absolute Gasteiger partial charge is 0.239 e. The molecule has 138 valence electrons. The van der Waals surface area contributed by atoms with Crippen LogP contribution in [0.25, 0.3) is 0 Å². The number of rotatable bonds is 6. The summed E-state index contributed by atoms with van der Waals surface area (Å²) in [5, 5.41) is 5.68. The van der Waals surface area contributed by atoms with Crippen LogP contribution in [0.3, 0.4) is 0 Å². The van der Waals surface area contributed by atoms with E-state index in [9.17, 15) is 9.59 Å². The van der Waals surface area contributed by atoms with Gasteiger partial charge in [-0.3, -0.25) is 9.59 Å². The molecule has 0 spiro atoms. The number of hydrogen-bond acceptors (Lipinski definition) is 3. The minimum atomic E-state index is -1.21. The third-order valence-corrected chi connectivity index (χ3v) is 4.40. The lowest BCUT2D eigenvalue weighted by Gasteiger charge is -2.23. The molecular weight excluding hydrogens is 328 g/mol. The maximum absolute atomic E-state index is 12.7. The third-order valence-electron chi connectivity index (χ3n) is 4.40. The van der Waals surface area contributed by atoms with Crippen molar-refractivity contribution in [1.29, 1.82) is 0 Å². The van der Waals surface area contributed by atoms with Gasteiger partial charge in [-0.25, -0.2) is 0 Å². The van der Waals surface area contributed by atoms with Gasteiger partial charge in [0.2, 0.25) is 11.8 Å². The van der Waals surface area contributed by atoms with Gasteiger partial charge in [0.15, 0.2) is 0 Å². The van der Waals surface area contributed by atoms with E-state index in [1.807, 2.05) is 56.3 Å². The number of aryl methyl sites for hydroxylation is 2. The highest BCUT2D eigenvalue weighted by Crippen LogP contribution is 2.23. The fourth-order valence-electron chi connectivity index (χ4n) is 2.58. The molecule has 2 N–H and O–H groups in total. The van der Waals surface area contributed by atoms with Gasteiger partial charge in [-0.1, -0.05) is 35.9 Å². The first kappa shape index (κ1) is 19.5. The predicted molar refractivity (Wildman–Crippen MR) is 103 cm³/mol. The standard InChI is InChI=1S/C21H26N2O3/c1-14-10-11-17(15(2)12-14)23-20(25)21(3,4)19(24)22-13-16-8-6-7-9-18(16)26-5/h6-12H,13H2,1-5H3,(H,22,24)(H,23,25). The van der Waals surface area contributed by atoms with Crippen LogP contribution in [0.15, 0.2) is 42.5 Å². The van der Waals surface area contributed by atoms with Crippen molar-refractivity contribution >= 4 is 17.5 Å². The van der Waals surface area contributed by atoms with E-state index in [0.717, 1.165) is 16.7 Å². The largest absolute Gasteiger partial charge is 0.496 e. The second-order valence-electron chi connectivity index (χ2n) is 6.89. The predicted octanol–water partition coefficient (Wildman–Crippen LogP) is 3.59. The molecule has 0 aromatic heterocycles. The zero-order chi connectivity index (χ0) is 19.3. The first-order valence-electron chi connectivity index (χ1n) is 8.54. The second kappa shape index (κ2) is 8.04. The number of para-hydroxylation sites is 1. The van der Waals surface area contributed by atoms with Crippen molar-refractivity contribution in [2.24, 2.45) is 5.41 Å². The molecular formula is C21H26N2O3. The van der Waals surface area contributed by atoms with Crippen molar-refractivity contribution in [3.05, 3.63) is 59.2 Å². The Morgan fingerprint density at radius 3 is 2.38 bits per heavy atom. The Morgan fingerprint density at radius 1 is 1.04 bits per heavy atom. The van der Waals surface area contributed by atoms with E-state index < -0.39 is 5.41 Å². The number of carbonyl (C=O) groups excluding carboxylic acids is 2. The summed E-state index contributed by atoms with van der Waals surface area (Å²) in [6, 6.07) is 13.2. The lowest BCUT2D eigenvalue weighted by Crippen LogP contribution is -2.45. The minimum absolute atomic E-state index is 0.295. The molecule has 0 atom stereocenters. The first-order valence-corrected chi connectivity index (χ1v) is 8.54. The van der Waals surface area contributed by atoms with Crippen molar-refractivity contribution < 1.29 is 14.3 Å². The van der Waals surface area contributed by atoms with Gasteiger partial charge in [-0.2, -0.15) is 0 Å². The van der Waals surface area contributed by atoms with Crippen LogP contribution < -0.4 is 15.4 Å². The number of amides is 2.